The number of ether oxygens (including phenoxy) is 2. The van der Waals surface area contributed by atoms with E-state index in [2.05, 4.69) is 46.1 Å². The van der Waals surface area contributed by atoms with Crippen molar-refractivity contribution in [2.24, 2.45) is 0 Å². The van der Waals surface area contributed by atoms with Crippen molar-refractivity contribution in [1.29, 1.82) is 0 Å². The third-order valence-electron chi connectivity index (χ3n) is 6.78. The molecule has 0 N–H and O–H groups in total. The fourth-order valence-corrected chi connectivity index (χ4v) is 4.38. The van der Waals surface area contributed by atoms with E-state index in [1.165, 1.54) is 12.1 Å². The van der Waals surface area contributed by atoms with Gasteiger partial charge in [0.25, 0.3) is 0 Å². The van der Waals surface area contributed by atoms with Crippen molar-refractivity contribution in [1.82, 2.24) is 25.1 Å². The van der Waals surface area contributed by atoms with E-state index in [4.69, 9.17) is 9.47 Å². The minimum atomic E-state index is -0.243. The Morgan fingerprint density at radius 1 is 1.00 bits per heavy atom. The zero-order chi connectivity index (χ0) is 24.3. The first kappa shape index (κ1) is 26.7. The highest BCUT2D eigenvalue weighted by Gasteiger charge is 2.35. The maximum absolute atomic E-state index is 13.4. The van der Waals surface area contributed by atoms with Crippen LogP contribution in [-0.4, -0.2) is 65.5 Å². The van der Waals surface area contributed by atoms with Crippen molar-refractivity contribution >= 4 is 18.1 Å². The molecule has 0 spiro atoms. The summed E-state index contributed by atoms with van der Waals surface area (Å²) in [5, 5.41) is 12.9. The third-order valence-corrected chi connectivity index (χ3v) is 6.78. The van der Waals surface area contributed by atoms with Crippen LogP contribution in [0.1, 0.15) is 44.6 Å². The second kappa shape index (κ2) is 11.2. The number of hydrogen-bond acceptors (Lipinski definition) is 7. The number of benzene rings is 2. The first-order chi connectivity index (χ1) is 16.4. The molecule has 1 fully saturated rings. The van der Waals surface area contributed by atoms with Gasteiger partial charge in [-0.2, -0.15) is 0 Å². The van der Waals surface area contributed by atoms with Crippen molar-refractivity contribution in [3.05, 3.63) is 59.7 Å². The molecule has 1 aliphatic rings. The molecule has 0 radical (unpaired) electrons. The van der Waals surface area contributed by atoms with Crippen LogP contribution in [0.15, 0.2) is 42.5 Å². The van der Waals surface area contributed by atoms with Gasteiger partial charge in [-0.25, -0.2) is 9.07 Å². The molecule has 1 aromatic heterocycles. The van der Waals surface area contributed by atoms with Gasteiger partial charge in [0.1, 0.15) is 23.4 Å². The third kappa shape index (κ3) is 5.51. The molecule has 8 nitrogen and oxygen atoms in total. The molecule has 35 heavy (non-hydrogen) atoms. The maximum Gasteiger partial charge on any atom is 0.173 e. The van der Waals surface area contributed by atoms with Crippen LogP contribution in [-0.2, 0) is 5.54 Å². The molecule has 0 bridgehead atoms. The minimum Gasteiger partial charge on any atom is -0.497 e. The van der Waals surface area contributed by atoms with Crippen LogP contribution in [0.3, 0.4) is 0 Å². The fourth-order valence-electron chi connectivity index (χ4n) is 4.38. The quantitative estimate of drug-likeness (QED) is 0.453. The summed E-state index contributed by atoms with van der Waals surface area (Å²) in [6.45, 7) is 9.60. The van der Waals surface area contributed by atoms with Crippen LogP contribution in [0.4, 0.5) is 10.1 Å². The second-order valence-corrected chi connectivity index (χ2v) is 9.12. The lowest BCUT2D eigenvalue weighted by atomic mass is 9.98. The molecule has 190 valence electrons. The van der Waals surface area contributed by atoms with Crippen LogP contribution >= 0.6 is 12.4 Å². The van der Waals surface area contributed by atoms with Gasteiger partial charge in [-0.3, -0.25) is 4.90 Å². The molecule has 3 aromatic rings. The molecule has 0 saturated carbocycles. The van der Waals surface area contributed by atoms with Gasteiger partial charge in [-0.15, -0.1) is 17.5 Å². The number of tetrazole rings is 1. The van der Waals surface area contributed by atoms with Gasteiger partial charge >= 0.3 is 0 Å². The second-order valence-electron chi connectivity index (χ2n) is 9.12. The summed E-state index contributed by atoms with van der Waals surface area (Å²) in [6, 6.07) is 12.4. The van der Waals surface area contributed by atoms with E-state index in [0.717, 1.165) is 61.2 Å². The summed E-state index contributed by atoms with van der Waals surface area (Å²) < 4.78 is 26.5. The first-order valence-electron chi connectivity index (χ1n) is 11.6. The van der Waals surface area contributed by atoms with E-state index in [1.807, 2.05) is 35.0 Å². The Balaban J connectivity index is 0.00000342. The Bertz CT molecular complexity index is 1100. The lowest BCUT2D eigenvalue weighted by molar-refractivity contribution is 0.184. The van der Waals surface area contributed by atoms with Gasteiger partial charge in [0.15, 0.2) is 5.82 Å². The van der Waals surface area contributed by atoms with Gasteiger partial charge in [-0.05, 0) is 67.1 Å². The Kier molecular flexibility index (Phi) is 8.56. The minimum absolute atomic E-state index is 0. The molecule has 1 aliphatic heterocycles. The van der Waals surface area contributed by atoms with Crippen molar-refractivity contribution in [2.75, 3.05) is 45.3 Å². The lowest BCUT2D eigenvalue weighted by Crippen LogP contribution is -2.49. The van der Waals surface area contributed by atoms with Crippen molar-refractivity contribution in [2.45, 2.75) is 38.8 Å². The van der Waals surface area contributed by atoms with E-state index >= 15 is 0 Å². The number of aromatic nitrogens is 4. The van der Waals surface area contributed by atoms with E-state index < -0.39 is 0 Å². The predicted molar refractivity (Wildman–Crippen MR) is 136 cm³/mol. The van der Waals surface area contributed by atoms with Crippen LogP contribution < -0.4 is 14.4 Å². The monoisotopic (exact) mass is 504 g/mol. The highest BCUT2D eigenvalue weighted by Crippen LogP contribution is 2.38. The summed E-state index contributed by atoms with van der Waals surface area (Å²) in [4.78, 5) is 4.66. The molecule has 4 rings (SSSR count). The number of piperazine rings is 1. The standard InChI is InChI=1S/C25H33FN6O2.ClH/c1-6-25(2,3)32-24(27-28-29-32)23(21-12-11-20(33-4)17-22(21)34-5)31-15-13-30(14-16-31)19-9-7-18(26)8-10-19;/h7-12,17,23H,6,13-16H2,1-5H3;1H. The van der Waals surface area contributed by atoms with E-state index in [9.17, 15) is 4.39 Å². The molecule has 2 heterocycles. The lowest BCUT2D eigenvalue weighted by Gasteiger charge is -2.40. The maximum atomic E-state index is 13.4. The van der Waals surface area contributed by atoms with Crippen molar-refractivity contribution in [3.63, 3.8) is 0 Å². The van der Waals surface area contributed by atoms with E-state index in [0.29, 0.717) is 0 Å². The Morgan fingerprint density at radius 2 is 1.69 bits per heavy atom. The van der Waals surface area contributed by atoms with Crippen LogP contribution in [0.5, 0.6) is 11.5 Å². The molecule has 2 aromatic carbocycles. The van der Waals surface area contributed by atoms with Crippen LogP contribution in [0.25, 0.3) is 0 Å². The van der Waals surface area contributed by atoms with Crippen LogP contribution in [0, 0.1) is 5.82 Å². The molecular formula is C25H34ClFN6O2. The first-order valence-corrected chi connectivity index (χ1v) is 11.6. The molecule has 0 amide bonds. The summed E-state index contributed by atoms with van der Waals surface area (Å²) >= 11 is 0. The van der Waals surface area contributed by atoms with Crippen molar-refractivity contribution in [3.8, 4) is 11.5 Å². The predicted octanol–water partition coefficient (Wildman–Crippen LogP) is 4.31. The fraction of sp³-hybridized carbons (Fsp3) is 0.480. The Labute approximate surface area is 212 Å². The highest BCUT2D eigenvalue weighted by atomic mass is 35.5. The molecule has 1 atom stereocenters. The van der Waals surface area contributed by atoms with Gasteiger partial charge < -0.3 is 14.4 Å². The zero-order valence-electron chi connectivity index (χ0n) is 20.9. The number of halogens is 2. The Morgan fingerprint density at radius 3 is 2.29 bits per heavy atom. The average molecular weight is 505 g/mol. The number of hydrogen-bond donors (Lipinski definition) is 0. The SMILES string of the molecule is CCC(C)(C)n1nnnc1C(c1ccc(OC)cc1OC)N1CCN(c2ccc(F)cc2)CC1.Cl. The number of methoxy groups -OCH3 is 2. The molecule has 10 heteroatoms. The smallest absolute Gasteiger partial charge is 0.173 e. The summed E-state index contributed by atoms with van der Waals surface area (Å²) in [5.41, 5.74) is 1.77. The van der Waals surface area contributed by atoms with Gasteiger partial charge in [0, 0.05) is 43.5 Å². The van der Waals surface area contributed by atoms with Crippen LogP contribution in [0.2, 0.25) is 0 Å². The normalized spacial score (nSPS) is 15.4. The summed E-state index contributed by atoms with van der Waals surface area (Å²) in [7, 11) is 3.31. The largest absolute Gasteiger partial charge is 0.497 e. The van der Waals surface area contributed by atoms with E-state index in [-0.39, 0.29) is 29.8 Å². The molecular weight excluding hydrogens is 471 g/mol. The number of anilines is 1. The number of nitrogens with zero attached hydrogens (tertiary/aromatic N) is 6. The van der Waals surface area contributed by atoms with Gasteiger partial charge in [-0.1, -0.05) is 6.92 Å². The Hall–Kier alpha value is -2.91. The highest BCUT2D eigenvalue weighted by molar-refractivity contribution is 5.85. The zero-order valence-corrected chi connectivity index (χ0v) is 21.8. The van der Waals surface area contributed by atoms with Crippen molar-refractivity contribution < 1.29 is 13.9 Å². The molecule has 1 unspecified atom stereocenters. The van der Waals surface area contributed by atoms with E-state index in [1.54, 1.807) is 14.2 Å². The summed E-state index contributed by atoms with van der Waals surface area (Å²) in [5.74, 6) is 2.02. The topological polar surface area (TPSA) is 68.5 Å². The van der Waals surface area contributed by atoms with Gasteiger partial charge in [0.2, 0.25) is 0 Å². The average Bonchev–Trinajstić information content (AvgIpc) is 3.36. The summed E-state index contributed by atoms with van der Waals surface area (Å²) in [6.07, 6.45) is 0.885. The molecule has 1 saturated heterocycles. The van der Waals surface area contributed by atoms with Gasteiger partial charge in [0.05, 0.1) is 19.8 Å². The molecule has 0 aliphatic carbocycles. The number of rotatable bonds is 8.